The minimum atomic E-state index is 0.833. The molecule has 0 unspecified atom stereocenters. The van der Waals surface area contributed by atoms with Gasteiger partial charge in [0.05, 0.1) is 0 Å². The summed E-state index contributed by atoms with van der Waals surface area (Å²) >= 11 is 0. The van der Waals surface area contributed by atoms with Crippen LogP contribution >= 0.6 is 0 Å². The van der Waals surface area contributed by atoms with E-state index in [9.17, 15) is 0 Å². The van der Waals surface area contributed by atoms with Crippen LogP contribution in [0.2, 0.25) is 0 Å². The van der Waals surface area contributed by atoms with Crippen LogP contribution in [-0.4, -0.2) is 20.9 Å². The van der Waals surface area contributed by atoms with Gasteiger partial charge in [0, 0.05) is 18.8 Å². The highest BCUT2D eigenvalue weighted by molar-refractivity contribution is 6.32. The van der Waals surface area contributed by atoms with Crippen LogP contribution in [0.4, 0.5) is 5.69 Å². The minimum Gasteiger partial charge on any atom is -0.372 e. The van der Waals surface area contributed by atoms with E-state index in [2.05, 4.69) is 24.8 Å². The van der Waals surface area contributed by atoms with Crippen molar-refractivity contribution in [2.24, 2.45) is 0 Å². The van der Waals surface area contributed by atoms with E-state index in [4.69, 9.17) is 7.85 Å². The SMILES string of the molecule is [B]c1cccc(N(CC)CC)c1. The van der Waals surface area contributed by atoms with E-state index in [1.165, 1.54) is 5.69 Å². The van der Waals surface area contributed by atoms with E-state index in [1.54, 1.807) is 0 Å². The molecule has 0 bridgehead atoms. The van der Waals surface area contributed by atoms with Crippen LogP contribution in [0.3, 0.4) is 0 Å². The second kappa shape index (κ2) is 4.20. The largest absolute Gasteiger partial charge is 0.372 e. The predicted octanol–water partition coefficient (Wildman–Crippen LogP) is 1.33. The lowest BCUT2D eigenvalue weighted by Gasteiger charge is -2.21. The molecule has 0 amide bonds. The molecule has 0 saturated carbocycles. The molecular weight excluding hydrogens is 145 g/mol. The van der Waals surface area contributed by atoms with Crippen molar-refractivity contribution in [2.45, 2.75) is 13.8 Å². The van der Waals surface area contributed by atoms with Gasteiger partial charge in [0.25, 0.3) is 0 Å². The van der Waals surface area contributed by atoms with Gasteiger partial charge in [-0.1, -0.05) is 17.6 Å². The summed E-state index contributed by atoms with van der Waals surface area (Å²) in [4.78, 5) is 2.27. The molecule has 0 saturated heterocycles. The molecule has 0 aliphatic heterocycles. The van der Waals surface area contributed by atoms with Gasteiger partial charge in [0.15, 0.2) is 0 Å². The third-order valence-electron chi connectivity index (χ3n) is 2.00. The maximum Gasteiger partial charge on any atom is 0.113 e. The molecule has 0 aliphatic carbocycles. The lowest BCUT2D eigenvalue weighted by Crippen LogP contribution is -2.22. The third-order valence-corrected chi connectivity index (χ3v) is 2.00. The summed E-state index contributed by atoms with van der Waals surface area (Å²) in [5.74, 6) is 0. The first-order chi connectivity index (χ1) is 5.77. The molecular formula is C10H14BN. The molecule has 12 heavy (non-hydrogen) atoms. The lowest BCUT2D eigenvalue weighted by atomic mass is 9.96. The minimum absolute atomic E-state index is 0.833. The molecule has 0 heterocycles. The van der Waals surface area contributed by atoms with Gasteiger partial charge < -0.3 is 4.90 Å². The van der Waals surface area contributed by atoms with E-state index >= 15 is 0 Å². The topological polar surface area (TPSA) is 3.24 Å². The molecule has 2 heteroatoms. The van der Waals surface area contributed by atoms with Gasteiger partial charge in [-0.3, -0.25) is 0 Å². The monoisotopic (exact) mass is 159 g/mol. The van der Waals surface area contributed by atoms with Gasteiger partial charge in [-0.25, -0.2) is 0 Å². The van der Waals surface area contributed by atoms with Gasteiger partial charge >= 0.3 is 0 Å². The number of nitrogens with zero attached hydrogens (tertiary/aromatic N) is 1. The van der Waals surface area contributed by atoms with Crippen molar-refractivity contribution in [1.82, 2.24) is 0 Å². The Morgan fingerprint density at radius 3 is 2.42 bits per heavy atom. The molecule has 0 fully saturated rings. The molecule has 0 spiro atoms. The molecule has 0 atom stereocenters. The normalized spacial score (nSPS) is 9.83. The second-order valence-corrected chi connectivity index (χ2v) is 2.77. The summed E-state index contributed by atoms with van der Waals surface area (Å²) in [6.07, 6.45) is 0. The average molecular weight is 159 g/mol. The molecule has 1 aromatic rings. The molecule has 0 N–H and O–H groups in total. The number of hydrogen-bond donors (Lipinski definition) is 0. The molecule has 1 nitrogen and oxygen atoms in total. The van der Waals surface area contributed by atoms with Gasteiger partial charge in [-0.15, -0.1) is 0 Å². The van der Waals surface area contributed by atoms with E-state index in [0.29, 0.717) is 0 Å². The lowest BCUT2D eigenvalue weighted by molar-refractivity contribution is 0.867. The fourth-order valence-corrected chi connectivity index (χ4v) is 1.31. The molecule has 1 aromatic carbocycles. The van der Waals surface area contributed by atoms with Gasteiger partial charge in [-0.2, -0.15) is 0 Å². The Balaban J connectivity index is 2.85. The van der Waals surface area contributed by atoms with Crippen LogP contribution in [0.5, 0.6) is 0 Å². The summed E-state index contributed by atoms with van der Waals surface area (Å²) in [6, 6.07) is 7.99. The van der Waals surface area contributed by atoms with Gasteiger partial charge in [-0.05, 0) is 26.0 Å². The molecule has 0 aliphatic rings. The summed E-state index contributed by atoms with van der Waals surface area (Å²) in [6.45, 7) is 6.35. The summed E-state index contributed by atoms with van der Waals surface area (Å²) in [5, 5.41) is 0. The first kappa shape index (κ1) is 9.18. The van der Waals surface area contributed by atoms with Gasteiger partial charge in [0.1, 0.15) is 7.85 Å². The molecule has 62 valence electrons. The van der Waals surface area contributed by atoms with Gasteiger partial charge in [0.2, 0.25) is 0 Å². The number of rotatable bonds is 3. The van der Waals surface area contributed by atoms with Crippen LogP contribution in [0.25, 0.3) is 0 Å². The second-order valence-electron chi connectivity index (χ2n) is 2.77. The summed E-state index contributed by atoms with van der Waals surface area (Å²) in [7, 11) is 5.68. The number of anilines is 1. The van der Waals surface area contributed by atoms with E-state index in [-0.39, 0.29) is 0 Å². The highest BCUT2D eigenvalue weighted by Gasteiger charge is 1.99. The maximum atomic E-state index is 5.68. The Hall–Kier alpha value is -0.915. The van der Waals surface area contributed by atoms with Crippen LogP contribution < -0.4 is 10.4 Å². The molecule has 1 rings (SSSR count). The van der Waals surface area contributed by atoms with E-state index in [0.717, 1.165) is 18.6 Å². The number of hydrogen-bond acceptors (Lipinski definition) is 1. The van der Waals surface area contributed by atoms with Crippen LogP contribution in [0.1, 0.15) is 13.8 Å². The fraction of sp³-hybridized carbons (Fsp3) is 0.400. The highest BCUT2D eigenvalue weighted by atomic mass is 15.1. The van der Waals surface area contributed by atoms with E-state index in [1.807, 2.05) is 18.2 Å². The smallest absolute Gasteiger partial charge is 0.113 e. The first-order valence-electron chi connectivity index (χ1n) is 4.38. The summed E-state index contributed by atoms with van der Waals surface area (Å²) < 4.78 is 0. The third kappa shape index (κ3) is 2.03. The Morgan fingerprint density at radius 2 is 1.92 bits per heavy atom. The van der Waals surface area contributed by atoms with Crippen LogP contribution in [0.15, 0.2) is 24.3 Å². The zero-order chi connectivity index (χ0) is 8.97. The van der Waals surface area contributed by atoms with Crippen LogP contribution in [0, 0.1) is 0 Å². The van der Waals surface area contributed by atoms with Crippen LogP contribution in [-0.2, 0) is 0 Å². The van der Waals surface area contributed by atoms with Crippen molar-refractivity contribution < 1.29 is 0 Å². The zero-order valence-electron chi connectivity index (χ0n) is 7.75. The Kier molecular flexibility index (Phi) is 3.21. The highest BCUT2D eigenvalue weighted by Crippen LogP contribution is 2.10. The van der Waals surface area contributed by atoms with E-state index < -0.39 is 0 Å². The Morgan fingerprint density at radius 1 is 1.25 bits per heavy atom. The molecule has 2 radical (unpaired) electrons. The van der Waals surface area contributed by atoms with Crippen molar-refractivity contribution >= 4 is 19.0 Å². The summed E-state index contributed by atoms with van der Waals surface area (Å²) in [5.41, 5.74) is 2.04. The van der Waals surface area contributed by atoms with Crippen molar-refractivity contribution in [1.29, 1.82) is 0 Å². The zero-order valence-corrected chi connectivity index (χ0v) is 7.75. The van der Waals surface area contributed by atoms with Crippen molar-refractivity contribution in [2.75, 3.05) is 18.0 Å². The first-order valence-corrected chi connectivity index (χ1v) is 4.38. The maximum absolute atomic E-state index is 5.68. The standard InChI is InChI=1S/C10H14BN/c1-3-12(4-2)10-7-5-6-9(11)8-10/h5-8H,3-4H2,1-2H3. The number of benzene rings is 1. The quantitative estimate of drug-likeness (QED) is 0.601. The van der Waals surface area contributed by atoms with Crippen molar-refractivity contribution in [3.63, 3.8) is 0 Å². The Labute approximate surface area is 75.8 Å². The van der Waals surface area contributed by atoms with Crippen molar-refractivity contribution in [3.8, 4) is 0 Å². The Bertz CT molecular complexity index is 243. The van der Waals surface area contributed by atoms with Crippen molar-refractivity contribution in [3.05, 3.63) is 24.3 Å². The molecule has 0 aromatic heterocycles. The predicted molar refractivity (Wildman–Crippen MR) is 55.4 cm³/mol. The fourth-order valence-electron chi connectivity index (χ4n) is 1.31. The average Bonchev–Trinajstić information content (AvgIpc) is 2.07.